The van der Waals surface area contributed by atoms with E-state index in [1.54, 1.807) is 11.6 Å². The van der Waals surface area contributed by atoms with Crippen LogP contribution in [-0.4, -0.2) is 27.6 Å². The molecule has 0 N–H and O–H groups in total. The van der Waals surface area contributed by atoms with Gasteiger partial charge in [-0.3, -0.25) is 0 Å². The maximum absolute atomic E-state index is 11.9. The van der Waals surface area contributed by atoms with E-state index in [0.29, 0.717) is 29.4 Å². The molecule has 20 heavy (non-hydrogen) atoms. The third-order valence-corrected chi connectivity index (χ3v) is 3.57. The Labute approximate surface area is 124 Å². The Hall–Kier alpha value is -1.63. The zero-order chi connectivity index (χ0) is 14.1. The van der Waals surface area contributed by atoms with Gasteiger partial charge in [-0.1, -0.05) is 5.21 Å². The number of ether oxygens (including phenoxy) is 1. The molecule has 0 aromatic carbocycles. The lowest BCUT2D eigenvalue weighted by Crippen LogP contribution is -2.10. The number of halogens is 1. The predicted molar refractivity (Wildman–Crippen MR) is 73.5 cm³/mol. The summed E-state index contributed by atoms with van der Waals surface area (Å²) in [5.74, 6) is 0.711. The van der Waals surface area contributed by atoms with Crippen LogP contribution in [0.1, 0.15) is 47.6 Å². The Morgan fingerprint density at radius 1 is 1.55 bits per heavy atom. The van der Waals surface area contributed by atoms with Gasteiger partial charge in [0.15, 0.2) is 10.4 Å². The molecule has 0 saturated heterocycles. The van der Waals surface area contributed by atoms with Crippen molar-refractivity contribution in [2.75, 3.05) is 6.61 Å². The largest absolute Gasteiger partial charge is 0.461 e. The number of carbonyl (C=O) groups excluding carboxylic acids is 1. The standard InChI is InChI=1S/C13H14BrN3O3/c1-2-19-13(18)11-12(8-3-4-8)17(16-15-11)7-9-5-6-10(14)20-9/h5-6,8H,2-4,7H2,1H3. The van der Waals surface area contributed by atoms with Gasteiger partial charge in [0.05, 0.1) is 12.3 Å². The first-order valence-electron chi connectivity index (χ1n) is 6.53. The molecule has 0 bridgehead atoms. The Morgan fingerprint density at radius 2 is 2.35 bits per heavy atom. The summed E-state index contributed by atoms with van der Waals surface area (Å²) in [6.45, 7) is 2.57. The van der Waals surface area contributed by atoms with E-state index < -0.39 is 5.97 Å². The van der Waals surface area contributed by atoms with E-state index in [0.717, 1.165) is 24.3 Å². The summed E-state index contributed by atoms with van der Waals surface area (Å²) in [6, 6.07) is 3.70. The highest BCUT2D eigenvalue weighted by Gasteiger charge is 2.34. The second kappa shape index (κ2) is 5.40. The Kier molecular flexibility index (Phi) is 3.60. The molecule has 0 atom stereocenters. The lowest BCUT2D eigenvalue weighted by atomic mass is 10.2. The van der Waals surface area contributed by atoms with E-state index in [4.69, 9.17) is 9.15 Å². The summed E-state index contributed by atoms with van der Waals surface area (Å²) >= 11 is 3.27. The van der Waals surface area contributed by atoms with Crippen LogP contribution in [0, 0.1) is 0 Å². The van der Waals surface area contributed by atoms with E-state index in [1.165, 1.54) is 0 Å². The highest BCUT2D eigenvalue weighted by molar-refractivity contribution is 9.10. The van der Waals surface area contributed by atoms with Gasteiger partial charge in [-0.25, -0.2) is 9.48 Å². The van der Waals surface area contributed by atoms with Gasteiger partial charge in [0.25, 0.3) is 0 Å². The zero-order valence-electron chi connectivity index (χ0n) is 11.0. The van der Waals surface area contributed by atoms with Crippen molar-refractivity contribution < 1.29 is 13.9 Å². The molecular formula is C13H14BrN3O3. The summed E-state index contributed by atoms with van der Waals surface area (Å²) < 4.78 is 12.9. The topological polar surface area (TPSA) is 70.2 Å². The van der Waals surface area contributed by atoms with E-state index in [1.807, 2.05) is 12.1 Å². The van der Waals surface area contributed by atoms with Crippen LogP contribution in [0.5, 0.6) is 0 Å². The fourth-order valence-corrected chi connectivity index (χ4v) is 2.47. The van der Waals surface area contributed by atoms with Gasteiger partial charge in [0.1, 0.15) is 12.3 Å². The number of hydrogen-bond donors (Lipinski definition) is 0. The van der Waals surface area contributed by atoms with Crippen molar-refractivity contribution in [3.05, 3.63) is 34.0 Å². The minimum atomic E-state index is -0.402. The van der Waals surface area contributed by atoms with Gasteiger partial charge < -0.3 is 9.15 Å². The van der Waals surface area contributed by atoms with Crippen LogP contribution in [0.3, 0.4) is 0 Å². The molecule has 0 unspecified atom stereocenters. The maximum atomic E-state index is 11.9. The number of carbonyl (C=O) groups is 1. The normalized spacial score (nSPS) is 14.5. The highest BCUT2D eigenvalue weighted by atomic mass is 79.9. The number of hydrogen-bond acceptors (Lipinski definition) is 5. The predicted octanol–water partition coefficient (Wildman–Crippen LogP) is 2.74. The fraction of sp³-hybridized carbons (Fsp3) is 0.462. The minimum absolute atomic E-state index is 0.333. The molecule has 2 aromatic rings. The third kappa shape index (κ3) is 2.63. The molecule has 0 radical (unpaired) electrons. The molecule has 6 nitrogen and oxygen atoms in total. The van der Waals surface area contributed by atoms with Gasteiger partial charge in [-0.05, 0) is 47.8 Å². The van der Waals surface area contributed by atoms with Gasteiger partial charge in [-0.2, -0.15) is 0 Å². The van der Waals surface area contributed by atoms with Gasteiger partial charge in [0.2, 0.25) is 0 Å². The van der Waals surface area contributed by atoms with Crippen molar-refractivity contribution in [1.29, 1.82) is 0 Å². The molecule has 0 amide bonds. The average molecular weight is 340 g/mol. The van der Waals surface area contributed by atoms with Crippen molar-refractivity contribution >= 4 is 21.9 Å². The lowest BCUT2D eigenvalue weighted by molar-refractivity contribution is 0.0518. The number of nitrogens with zero attached hydrogens (tertiary/aromatic N) is 3. The summed E-state index contributed by atoms with van der Waals surface area (Å²) in [4.78, 5) is 11.9. The fourth-order valence-electron chi connectivity index (χ4n) is 2.13. The van der Waals surface area contributed by atoms with E-state index >= 15 is 0 Å². The van der Waals surface area contributed by atoms with Crippen LogP contribution < -0.4 is 0 Å². The second-order valence-electron chi connectivity index (χ2n) is 4.68. The lowest BCUT2D eigenvalue weighted by Gasteiger charge is -2.05. The van der Waals surface area contributed by atoms with Gasteiger partial charge >= 0.3 is 5.97 Å². The number of aromatic nitrogens is 3. The van der Waals surface area contributed by atoms with Crippen LogP contribution >= 0.6 is 15.9 Å². The van der Waals surface area contributed by atoms with Crippen molar-refractivity contribution in [1.82, 2.24) is 15.0 Å². The van der Waals surface area contributed by atoms with Crippen LogP contribution in [0.2, 0.25) is 0 Å². The van der Waals surface area contributed by atoms with Gasteiger partial charge in [0, 0.05) is 5.92 Å². The molecule has 1 fully saturated rings. The molecule has 106 valence electrons. The van der Waals surface area contributed by atoms with Crippen LogP contribution in [0.4, 0.5) is 0 Å². The minimum Gasteiger partial charge on any atom is -0.461 e. The van der Waals surface area contributed by atoms with Crippen LogP contribution in [0.25, 0.3) is 0 Å². The summed E-state index contributed by atoms with van der Waals surface area (Å²) in [5, 5.41) is 8.06. The molecule has 0 spiro atoms. The second-order valence-corrected chi connectivity index (χ2v) is 5.46. The molecule has 1 saturated carbocycles. The Balaban J connectivity index is 1.89. The quantitative estimate of drug-likeness (QED) is 0.783. The summed E-state index contributed by atoms with van der Waals surface area (Å²) in [7, 11) is 0. The van der Waals surface area contributed by atoms with Gasteiger partial charge in [-0.15, -0.1) is 5.10 Å². The number of rotatable bonds is 5. The van der Waals surface area contributed by atoms with Crippen molar-refractivity contribution in [2.45, 2.75) is 32.2 Å². The smallest absolute Gasteiger partial charge is 0.360 e. The summed E-state index contributed by atoms with van der Waals surface area (Å²) in [6.07, 6.45) is 2.11. The van der Waals surface area contributed by atoms with E-state index in [2.05, 4.69) is 26.2 Å². The molecule has 3 rings (SSSR count). The molecular weight excluding hydrogens is 326 g/mol. The van der Waals surface area contributed by atoms with Crippen molar-refractivity contribution in [2.24, 2.45) is 0 Å². The SMILES string of the molecule is CCOC(=O)c1nnn(Cc2ccc(Br)o2)c1C1CC1. The van der Waals surface area contributed by atoms with Crippen molar-refractivity contribution in [3.63, 3.8) is 0 Å². The first-order chi connectivity index (χ1) is 9.69. The third-order valence-electron chi connectivity index (χ3n) is 3.14. The molecule has 7 heteroatoms. The number of esters is 1. The van der Waals surface area contributed by atoms with Crippen LogP contribution in [-0.2, 0) is 11.3 Å². The molecule has 2 heterocycles. The first-order valence-corrected chi connectivity index (χ1v) is 7.33. The molecule has 1 aliphatic rings. The zero-order valence-corrected chi connectivity index (χ0v) is 12.6. The monoisotopic (exact) mass is 339 g/mol. The average Bonchev–Trinajstić information content (AvgIpc) is 3.05. The first kappa shape index (κ1) is 13.4. The van der Waals surface area contributed by atoms with E-state index in [9.17, 15) is 4.79 Å². The molecule has 0 aliphatic heterocycles. The Morgan fingerprint density at radius 3 is 2.95 bits per heavy atom. The van der Waals surface area contributed by atoms with Crippen LogP contribution in [0.15, 0.2) is 21.2 Å². The van der Waals surface area contributed by atoms with Crippen molar-refractivity contribution in [3.8, 4) is 0 Å². The molecule has 2 aromatic heterocycles. The summed E-state index contributed by atoms with van der Waals surface area (Å²) in [5.41, 5.74) is 1.19. The maximum Gasteiger partial charge on any atom is 0.360 e. The number of furan rings is 1. The highest BCUT2D eigenvalue weighted by Crippen LogP contribution is 2.41. The molecule has 1 aliphatic carbocycles. The Bertz CT molecular complexity index is 631. The van der Waals surface area contributed by atoms with E-state index in [-0.39, 0.29) is 0 Å².